The summed E-state index contributed by atoms with van der Waals surface area (Å²) in [4.78, 5) is 12.2. The number of phenols is 1. The number of rotatable bonds is 2. The first kappa shape index (κ1) is 17.8. The van der Waals surface area contributed by atoms with Crippen LogP contribution in [-0.4, -0.2) is 10.8 Å². The topological polar surface area (TPSA) is 74.8 Å². The van der Waals surface area contributed by atoms with Crippen molar-refractivity contribution < 1.29 is 18.3 Å². The molecule has 0 spiro atoms. The van der Waals surface area contributed by atoms with Gasteiger partial charge in [-0.25, -0.2) is 13.6 Å². The number of aromatic hydroxyl groups is 1. The first-order valence-electron chi connectivity index (χ1n) is 9.52. The molecule has 7 heteroatoms. The van der Waals surface area contributed by atoms with Gasteiger partial charge < -0.3 is 14.9 Å². The zero-order chi connectivity index (χ0) is 20.3. The number of phenolic OH excluding ortho intramolecular Hbond substituents is 1. The zero-order valence-electron chi connectivity index (χ0n) is 15.7. The van der Waals surface area contributed by atoms with Gasteiger partial charge in [0.05, 0.1) is 17.1 Å². The van der Waals surface area contributed by atoms with Crippen molar-refractivity contribution in [2.24, 2.45) is 5.10 Å². The third-order valence-corrected chi connectivity index (χ3v) is 5.81. The van der Waals surface area contributed by atoms with Crippen LogP contribution < -0.4 is 11.1 Å². The van der Waals surface area contributed by atoms with E-state index in [0.717, 1.165) is 18.1 Å². The fourth-order valence-electron chi connectivity index (χ4n) is 4.47. The number of hydrogen-bond acceptors (Lipinski definition) is 5. The van der Waals surface area contributed by atoms with Crippen molar-refractivity contribution in [3.63, 3.8) is 0 Å². The number of hydrogen-bond donors (Lipinski definition) is 2. The number of hydrazone groups is 1. The summed E-state index contributed by atoms with van der Waals surface area (Å²) in [5, 5.41) is 16.0. The lowest BCUT2D eigenvalue weighted by Crippen LogP contribution is -2.12. The van der Waals surface area contributed by atoms with Gasteiger partial charge >= 0.3 is 5.63 Å². The van der Waals surface area contributed by atoms with E-state index in [0.29, 0.717) is 58.2 Å². The normalized spacial score (nSPS) is 18.0. The standard InChI is InChI=1S/C22H18F2N2O3/c1-10-7-18-20(12-3-2-4-13(12)22(28)29-18)21(27)19(10)17-9-16(25-26-17)14-6-5-11(23)8-15(14)24/h5-8,16,25,27H,2-4,9H2,1H3. The van der Waals surface area contributed by atoms with Gasteiger partial charge in [-0.15, -0.1) is 0 Å². The molecule has 0 fully saturated rings. The van der Waals surface area contributed by atoms with Crippen LogP contribution in [0.4, 0.5) is 8.78 Å². The third-order valence-electron chi connectivity index (χ3n) is 5.81. The van der Waals surface area contributed by atoms with Crippen LogP contribution in [0.2, 0.25) is 0 Å². The van der Waals surface area contributed by atoms with E-state index in [-0.39, 0.29) is 11.4 Å². The Morgan fingerprint density at radius 3 is 2.79 bits per heavy atom. The molecule has 1 aliphatic heterocycles. The summed E-state index contributed by atoms with van der Waals surface area (Å²) in [5.74, 6) is -1.25. The summed E-state index contributed by atoms with van der Waals surface area (Å²) in [6, 6.07) is 4.73. The second kappa shape index (κ2) is 6.40. The van der Waals surface area contributed by atoms with Crippen molar-refractivity contribution in [3.8, 4) is 5.75 Å². The average Bonchev–Trinajstić information content (AvgIpc) is 3.31. The fraction of sp³-hybridized carbons (Fsp3) is 0.273. The first-order chi connectivity index (χ1) is 13.9. The van der Waals surface area contributed by atoms with Gasteiger partial charge in [0.1, 0.15) is 23.0 Å². The summed E-state index contributed by atoms with van der Waals surface area (Å²) in [6.45, 7) is 1.80. The summed E-state index contributed by atoms with van der Waals surface area (Å²) in [6.07, 6.45) is 2.53. The van der Waals surface area contributed by atoms with Gasteiger partial charge in [-0.05, 0) is 49.4 Å². The van der Waals surface area contributed by atoms with Crippen LogP contribution in [0.1, 0.15) is 46.7 Å². The second-order valence-electron chi connectivity index (χ2n) is 7.60. The number of nitrogens with one attached hydrogen (secondary N) is 1. The smallest absolute Gasteiger partial charge is 0.339 e. The molecule has 2 aromatic carbocycles. The van der Waals surface area contributed by atoms with Crippen molar-refractivity contribution in [1.29, 1.82) is 0 Å². The molecule has 0 saturated heterocycles. The van der Waals surface area contributed by atoms with E-state index in [1.54, 1.807) is 13.0 Å². The van der Waals surface area contributed by atoms with Gasteiger partial charge in [0, 0.05) is 29.2 Å². The minimum absolute atomic E-state index is 0.0303. The molecular formula is C22H18F2N2O3. The van der Waals surface area contributed by atoms with Gasteiger partial charge in [-0.1, -0.05) is 6.07 Å². The maximum absolute atomic E-state index is 14.2. The Kier molecular flexibility index (Phi) is 3.94. The van der Waals surface area contributed by atoms with E-state index in [4.69, 9.17) is 4.42 Å². The maximum Gasteiger partial charge on any atom is 0.339 e. The molecule has 5 rings (SSSR count). The van der Waals surface area contributed by atoms with E-state index < -0.39 is 17.7 Å². The average molecular weight is 396 g/mol. The molecule has 1 aromatic heterocycles. The number of aryl methyl sites for hydroxylation is 2. The number of nitrogens with zero attached hydrogens (tertiary/aromatic N) is 1. The molecule has 3 aromatic rings. The Hall–Kier alpha value is -3.22. The highest BCUT2D eigenvalue weighted by Crippen LogP contribution is 2.39. The fourth-order valence-corrected chi connectivity index (χ4v) is 4.47. The summed E-state index contributed by atoms with van der Waals surface area (Å²) < 4.78 is 32.8. The Morgan fingerprint density at radius 1 is 1.21 bits per heavy atom. The Bertz CT molecular complexity index is 1260. The Labute approximate surface area is 164 Å². The van der Waals surface area contributed by atoms with E-state index >= 15 is 0 Å². The molecule has 29 heavy (non-hydrogen) atoms. The lowest BCUT2D eigenvalue weighted by Gasteiger charge is -2.14. The van der Waals surface area contributed by atoms with Gasteiger partial charge in [0.15, 0.2) is 0 Å². The summed E-state index contributed by atoms with van der Waals surface area (Å²) in [7, 11) is 0. The van der Waals surface area contributed by atoms with E-state index in [1.807, 2.05) is 0 Å². The van der Waals surface area contributed by atoms with Gasteiger partial charge in [-0.3, -0.25) is 0 Å². The zero-order valence-corrected chi connectivity index (χ0v) is 15.7. The first-order valence-corrected chi connectivity index (χ1v) is 9.52. The number of fused-ring (bicyclic) bond motifs is 3. The monoisotopic (exact) mass is 396 g/mol. The number of benzene rings is 2. The molecular weight excluding hydrogens is 378 g/mol. The predicted octanol–water partition coefficient (Wildman–Crippen LogP) is 4.01. The minimum Gasteiger partial charge on any atom is -0.506 e. The molecule has 2 aliphatic rings. The van der Waals surface area contributed by atoms with Crippen molar-refractivity contribution in [2.45, 2.75) is 38.6 Å². The van der Waals surface area contributed by atoms with Gasteiger partial charge in [0.2, 0.25) is 0 Å². The van der Waals surface area contributed by atoms with Gasteiger partial charge in [-0.2, -0.15) is 5.10 Å². The van der Waals surface area contributed by atoms with Crippen molar-refractivity contribution in [2.75, 3.05) is 0 Å². The maximum atomic E-state index is 14.2. The SMILES string of the molecule is Cc1cc2oc(=O)c3c(c2c(O)c1C1=NNC(c2ccc(F)cc2F)C1)CCC3. The van der Waals surface area contributed by atoms with Crippen LogP contribution >= 0.6 is 0 Å². The van der Waals surface area contributed by atoms with Crippen LogP contribution in [0.5, 0.6) is 5.75 Å². The number of halogens is 2. The molecule has 0 bridgehead atoms. The van der Waals surface area contributed by atoms with Crippen molar-refractivity contribution in [1.82, 2.24) is 5.43 Å². The van der Waals surface area contributed by atoms with Gasteiger partial charge in [0.25, 0.3) is 0 Å². The lowest BCUT2D eigenvalue weighted by atomic mass is 9.92. The highest BCUT2D eigenvalue weighted by molar-refractivity contribution is 6.09. The molecule has 0 radical (unpaired) electrons. The second-order valence-corrected chi connectivity index (χ2v) is 7.60. The summed E-state index contributed by atoms with van der Waals surface area (Å²) in [5.41, 5.74) is 6.52. The van der Waals surface area contributed by atoms with Crippen LogP contribution in [0.15, 0.2) is 38.6 Å². The third kappa shape index (κ3) is 2.72. The molecule has 2 N–H and O–H groups in total. The molecule has 5 nitrogen and oxygen atoms in total. The molecule has 0 amide bonds. The van der Waals surface area contributed by atoms with E-state index in [9.17, 15) is 18.7 Å². The highest BCUT2D eigenvalue weighted by atomic mass is 19.1. The summed E-state index contributed by atoms with van der Waals surface area (Å²) >= 11 is 0. The van der Waals surface area contributed by atoms with Crippen molar-refractivity contribution >= 4 is 16.7 Å². The lowest BCUT2D eigenvalue weighted by molar-refractivity contribution is 0.476. The minimum atomic E-state index is -0.641. The molecule has 2 heterocycles. The predicted molar refractivity (Wildman–Crippen MR) is 104 cm³/mol. The van der Waals surface area contributed by atoms with Crippen LogP contribution in [-0.2, 0) is 12.8 Å². The van der Waals surface area contributed by atoms with Crippen LogP contribution in [0.25, 0.3) is 11.0 Å². The molecule has 1 atom stereocenters. The Morgan fingerprint density at radius 2 is 2.00 bits per heavy atom. The van der Waals surface area contributed by atoms with E-state index in [1.165, 1.54) is 12.1 Å². The molecule has 1 aliphatic carbocycles. The Balaban J connectivity index is 1.59. The highest BCUT2D eigenvalue weighted by Gasteiger charge is 2.29. The van der Waals surface area contributed by atoms with E-state index in [2.05, 4.69) is 10.5 Å². The van der Waals surface area contributed by atoms with Crippen molar-refractivity contribution in [3.05, 3.63) is 74.1 Å². The quantitative estimate of drug-likeness (QED) is 0.642. The molecule has 1 unspecified atom stereocenters. The van der Waals surface area contributed by atoms with Crippen LogP contribution in [0.3, 0.4) is 0 Å². The largest absolute Gasteiger partial charge is 0.506 e. The molecule has 0 saturated carbocycles. The van der Waals surface area contributed by atoms with Crippen LogP contribution in [0, 0.1) is 18.6 Å². The molecule has 148 valence electrons.